The monoisotopic (exact) mass is 418 g/mol. The maximum atomic E-state index is 11.9. The Morgan fingerprint density at radius 2 is 2.00 bits per heavy atom. The first-order valence-electron chi connectivity index (χ1n) is 6.16. The molecule has 0 unspecified atom stereocenters. The number of ether oxygens (including phenoxy) is 1. The van der Waals surface area contributed by atoms with Crippen LogP contribution in [0.4, 0.5) is 16.2 Å². The number of nitro benzene ring substituents is 1. The van der Waals surface area contributed by atoms with Crippen molar-refractivity contribution in [2.24, 2.45) is 0 Å². The fraction of sp³-hybridized carbons (Fsp3) is 0.0714. The van der Waals surface area contributed by atoms with Crippen LogP contribution < -0.4 is 10.1 Å². The summed E-state index contributed by atoms with van der Waals surface area (Å²) in [4.78, 5) is 22.3. The number of aryl methyl sites for hydroxylation is 1. The quantitative estimate of drug-likeness (QED) is 0.519. The number of anilines is 1. The first-order chi connectivity index (χ1) is 10.8. The topological polar surface area (TPSA) is 81.5 Å². The van der Waals surface area contributed by atoms with Gasteiger partial charge in [0.05, 0.1) is 9.40 Å². The molecule has 1 amide bonds. The van der Waals surface area contributed by atoms with Gasteiger partial charge in [-0.25, -0.2) is 4.79 Å². The van der Waals surface area contributed by atoms with Gasteiger partial charge in [0.25, 0.3) is 5.69 Å². The number of rotatable bonds is 3. The van der Waals surface area contributed by atoms with Gasteiger partial charge < -0.3 is 4.74 Å². The van der Waals surface area contributed by atoms with Crippen LogP contribution in [-0.4, -0.2) is 11.0 Å². The Kier molecular flexibility index (Phi) is 5.46. The van der Waals surface area contributed by atoms with Crippen LogP contribution in [0.5, 0.6) is 5.75 Å². The van der Waals surface area contributed by atoms with Gasteiger partial charge in [-0.2, -0.15) is 0 Å². The van der Waals surface area contributed by atoms with Crippen LogP contribution >= 0.6 is 39.1 Å². The third-order valence-electron chi connectivity index (χ3n) is 2.81. The second-order valence-corrected chi connectivity index (χ2v) is 6.16. The smallest absolute Gasteiger partial charge is 0.409 e. The molecule has 0 aliphatic heterocycles. The molecule has 0 aromatic heterocycles. The summed E-state index contributed by atoms with van der Waals surface area (Å²) in [6, 6.07) is 7.04. The number of carbonyl (C=O) groups excluding carboxylic acids is 1. The predicted octanol–water partition coefficient (Wildman–Crippen LogP) is 5.58. The Morgan fingerprint density at radius 1 is 1.30 bits per heavy atom. The Hall–Kier alpha value is -1.83. The highest BCUT2D eigenvalue weighted by Crippen LogP contribution is 2.32. The molecule has 2 rings (SSSR count). The zero-order valence-corrected chi connectivity index (χ0v) is 14.7. The largest absolute Gasteiger partial charge is 0.417 e. The van der Waals surface area contributed by atoms with Crippen molar-refractivity contribution in [3.8, 4) is 5.75 Å². The predicted molar refractivity (Wildman–Crippen MR) is 91.6 cm³/mol. The Labute approximate surface area is 149 Å². The summed E-state index contributed by atoms with van der Waals surface area (Å²) in [7, 11) is 0. The highest BCUT2D eigenvalue weighted by atomic mass is 79.9. The van der Waals surface area contributed by atoms with Crippen LogP contribution in [-0.2, 0) is 0 Å². The molecule has 0 aliphatic rings. The van der Waals surface area contributed by atoms with E-state index in [2.05, 4.69) is 21.2 Å². The first-order valence-corrected chi connectivity index (χ1v) is 7.71. The van der Waals surface area contributed by atoms with Crippen molar-refractivity contribution >= 4 is 56.6 Å². The molecule has 9 heteroatoms. The summed E-state index contributed by atoms with van der Waals surface area (Å²) >= 11 is 14.9. The van der Waals surface area contributed by atoms with E-state index >= 15 is 0 Å². The summed E-state index contributed by atoms with van der Waals surface area (Å²) in [6.07, 6.45) is -0.877. The molecule has 0 fully saturated rings. The van der Waals surface area contributed by atoms with Gasteiger partial charge in [-0.3, -0.25) is 15.4 Å². The van der Waals surface area contributed by atoms with Gasteiger partial charge in [0, 0.05) is 16.1 Å². The number of nitro groups is 1. The molecule has 0 saturated heterocycles. The molecular formula is C14H9BrCl2N2O4. The van der Waals surface area contributed by atoms with Crippen molar-refractivity contribution in [2.75, 3.05) is 5.32 Å². The lowest BCUT2D eigenvalue weighted by Crippen LogP contribution is -2.17. The fourth-order valence-electron chi connectivity index (χ4n) is 1.71. The van der Waals surface area contributed by atoms with Crippen LogP contribution in [0.25, 0.3) is 0 Å². The molecule has 0 spiro atoms. The molecule has 2 aromatic carbocycles. The normalized spacial score (nSPS) is 10.3. The summed E-state index contributed by atoms with van der Waals surface area (Å²) in [6.45, 7) is 1.75. The van der Waals surface area contributed by atoms with Crippen LogP contribution in [0.3, 0.4) is 0 Å². The number of halogens is 3. The minimum Gasteiger partial charge on any atom is -0.409 e. The number of nitrogens with one attached hydrogen (secondary N) is 1. The van der Waals surface area contributed by atoms with Crippen molar-refractivity contribution < 1.29 is 14.5 Å². The molecule has 0 bridgehead atoms. The maximum absolute atomic E-state index is 11.9. The zero-order chi connectivity index (χ0) is 17.1. The van der Waals surface area contributed by atoms with E-state index < -0.39 is 11.0 Å². The Balaban J connectivity index is 2.21. The van der Waals surface area contributed by atoms with E-state index in [9.17, 15) is 14.9 Å². The third-order valence-corrected chi connectivity index (χ3v) is 4.07. The van der Waals surface area contributed by atoms with E-state index in [1.54, 1.807) is 19.1 Å². The number of amides is 1. The Morgan fingerprint density at radius 3 is 2.65 bits per heavy atom. The van der Waals surface area contributed by atoms with E-state index in [1.807, 2.05) is 0 Å². The van der Waals surface area contributed by atoms with Gasteiger partial charge in [0.2, 0.25) is 0 Å². The summed E-state index contributed by atoms with van der Waals surface area (Å²) in [5.41, 5.74) is 0.363. The molecule has 2 aromatic rings. The number of carbonyl (C=O) groups is 1. The van der Waals surface area contributed by atoms with Gasteiger partial charge in [-0.15, -0.1) is 0 Å². The average Bonchev–Trinajstić information content (AvgIpc) is 2.46. The third kappa shape index (κ3) is 4.34. The van der Waals surface area contributed by atoms with E-state index in [-0.39, 0.29) is 22.1 Å². The standard InChI is InChI=1S/C14H9BrCl2N2O4/c1-7-4-13(9(15)6-10(7)17)23-14(20)18-11-3-2-8(16)5-12(11)19(21)22/h2-6H,1H3,(H,18,20). The molecule has 0 heterocycles. The van der Waals surface area contributed by atoms with Crippen LogP contribution in [0.15, 0.2) is 34.8 Å². The zero-order valence-electron chi connectivity index (χ0n) is 11.6. The van der Waals surface area contributed by atoms with Crippen molar-refractivity contribution in [3.05, 3.63) is 60.5 Å². The molecule has 6 nitrogen and oxygen atoms in total. The second kappa shape index (κ2) is 7.16. The van der Waals surface area contributed by atoms with Gasteiger partial charge in [0.15, 0.2) is 0 Å². The van der Waals surface area contributed by atoms with Crippen molar-refractivity contribution in [2.45, 2.75) is 6.92 Å². The number of hydrogen-bond donors (Lipinski definition) is 1. The van der Waals surface area contributed by atoms with Crippen molar-refractivity contribution in [3.63, 3.8) is 0 Å². The van der Waals surface area contributed by atoms with E-state index in [0.29, 0.717) is 9.50 Å². The maximum Gasteiger partial charge on any atom is 0.417 e. The molecule has 0 aliphatic carbocycles. The lowest BCUT2D eigenvalue weighted by molar-refractivity contribution is -0.383. The van der Waals surface area contributed by atoms with Gasteiger partial charge in [-0.05, 0) is 52.7 Å². The molecule has 1 N–H and O–H groups in total. The van der Waals surface area contributed by atoms with E-state index in [1.165, 1.54) is 12.1 Å². The second-order valence-electron chi connectivity index (χ2n) is 4.46. The highest BCUT2D eigenvalue weighted by Gasteiger charge is 2.18. The van der Waals surface area contributed by atoms with E-state index in [0.717, 1.165) is 11.6 Å². The van der Waals surface area contributed by atoms with Crippen molar-refractivity contribution in [1.29, 1.82) is 0 Å². The van der Waals surface area contributed by atoms with Gasteiger partial charge >= 0.3 is 6.09 Å². The molecule has 23 heavy (non-hydrogen) atoms. The van der Waals surface area contributed by atoms with Crippen LogP contribution in [0.1, 0.15) is 5.56 Å². The lowest BCUT2D eigenvalue weighted by atomic mass is 10.2. The van der Waals surface area contributed by atoms with Crippen LogP contribution in [0.2, 0.25) is 10.0 Å². The number of hydrogen-bond acceptors (Lipinski definition) is 4. The molecule has 0 saturated carbocycles. The van der Waals surface area contributed by atoms with E-state index in [4.69, 9.17) is 27.9 Å². The average molecular weight is 420 g/mol. The van der Waals surface area contributed by atoms with Crippen molar-refractivity contribution in [1.82, 2.24) is 0 Å². The summed E-state index contributed by atoms with van der Waals surface area (Å²) in [5.74, 6) is 0.237. The van der Waals surface area contributed by atoms with Gasteiger partial charge in [-0.1, -0.05) is 23.2 Å². The molecular weight excluding hydrogens is 411 g/mol. The Bertz CT molecular complexity index is 799. The fourth-order valence-corrected chi connectivity index (χ4v) is 2.59. The minimum atomic E-state index is -0.877. The SMILES string of the molecule is Cc1cc(OC(=O)Nc2ccc(Cl)cc2[N+](=O)[O-])c(Br)cc1Cl. The molecule has 120 valence electrons. The minimum absolute atomic E-state index is 0.0220. The summed E-state index contributed by atoms with van der Waals surface area (Å²) < 4.78 is 5.62. The highest BCUT2D eigenvalue weighted by molar-refractivity contribution is 9.10. The lowest BCUT2D eigenvalue weighted by Gasteiger charge is -2.10. The molecule has 0 atom stereocenters. The van der Waals surface area contributed by atoms with Crippen LogP contribution in [0, 0.1) is 17.0 Å². The first kappa shape index (κ1) is 17.5. The van der Waals surface area contributed by atoms with Gasteiger partial charge in [0.1, 0.15) is 11.4 Å². The number of benzene rings is 2. The summed E-state index contributed by atoms with van der Waals surface area (Å²) in [5, 5.41) is 14.0. The number of nitrogens with zero attached hydrogens (tertiary/aromatic N) is 1. The molecule has 0 radical (unpaired) electrons.